The van der Waals surface area contributed by atoms with Crippen molar-refractivity contribution in [1.82, 2.24) is 9.62 Å². The molecule has 6 heteroatoms. The van der Waals surface area contributed by atoms with Crippen LogP contribution in [0.2, 0.25) is 0 Å². The molecule has 108 valence electrons. The first-order chi connectivity index (χ1) is 8.48. The van der Waals surface area contributed by atoms with E-state index in [1.165, 1.54) is 4.31 Å². The molecule has 2 atom stereocenters. The largest absolute Gasteiger partial charge is 0.377 e. The highest BCUT2D eigenvalue weighted by atomic mass is 32.2. The van der Waals surface area contributed by atoms with Gasteiger partial charge in [0.05, 0.1) is 11.4 Å². The summed E-state index contributed by atoms with van der Waals surface area (Å²) in [7, 11) is -1.57. The Morgan fingerprint density at radius 1 is 1.44 bits per heavy atom. The minimum atomic E-state index is -3.22. The molecule has 18 heavy (non-hydrogen) atoms. The normalized spacial score (nSPS) is 23.2. The second-order valence-corrected chi connectivity index (χ2v) is 7.39. The number of hydrogen-bond acceptors (Lipinski definition) is 4. The fraction of sp³-hybridized carbons (Fsp3) is 1.00. The van der Waals surface area contributed by atoms with Crippen molar-refractivity contribution in [3.63, 3.8) is 0 Å². The number of likely N-dealkylation sites (N-methyl/N-ethyl adjacent to an activating group) is 1. The Bertz CT molecular complexity index is 326. The van der Waals surface area contributed by atoms with Gasteiger partial charge in [-0.1, -0.05) is 6.92 Å². The Hall–Kier alpha value is -0.170. The van der Waals surface area contributed by atoms with Crippen molar-refractivity contribution in [3.8, 4) is 0 Å². The molecule has 0 saturated carbocycles. The van der Waals surface area contributed by atoms with E-state index < -0.39 is 15.3 Å². The molecule has 0 aromatic carbocycles. The van der Waals surface area contributed by atoms with E-state index in [2.05, 4.69) is 5.32 Å². The molecule has 0 aromatic rings. The van der Waals surface area contributed by atoms with E-state index in [0.29, 0.717) is 13.1 Å². The van der Waals surface area contributed by atoms with Crippen molar-refractivity contribution in [3.05, 3.63) is 0 Å². The summed E-state index contributed by atoms with van der Waals surface area (Å²) in [6, 6.07) is 0. The van der Waals surface area contributed by atoms with Crippen molar-refractivity contribution < 1.29 is 13.2 Å². The van der Waals surface area contributed by atoms with E-state index >= 15 is 0 Å². The quantitative estimate of drug-likeness (QED) is 0.749. The number of nitrogens with zero attached hydrogens (tertiary/aromatic N) is 1. The average molecular weight is 278 g/mol. The summed E-state index contributed by atoms with van der Waals surface area (Å²) in [6.45, 7) is 6.23. The smallest absolute Gasteiger partial charge is 0.217 e. The molecule has 0 spiro atoms. The van der Waals surface area contributed by atoms with Gasteiger partial charge in [-0.2, -0.15) is 0 Å². The van der Waals surface area contributed by atoms with E-state index in [-0.39, 0.29) is 6.10 Å². The zero-order valence-electron chi connectivity index (χ0n) is 11.7. The van der Waals surface area contributed by atoms with E-state index in [9.17, 15) is 8.42 Å². The Morgan fingerprint density at radius 3 is 2.72 bits per heavy atom. The third kappa shape index (κ3) is 4.50. The average Bonchev–Trinajstić information content (AvgIpc) is 2.36. The van der Waals surface area contributed by atoms with Crippen molar-refractivity contribution >= 4 is 10.0 Å². The Kier molecular flexibility index (Phi) is 6.55. The van der Waals surface area contributed by atoms with Gasteiger partial charge in [0.15, 0.2) is 0 Å². The van der Waals surface area contributed by atoms with Crippen LogP contribution >= 0.6 is 0 Å². The topological polar surface area (TPSA) is 58.6 Å². The maximum atomic E-state index is 12.2. The maximum Gasteiger partial charge on any atom is 0.217 e. The van der Waals surface area contributed by atoms with Gasteiger partial charge in [-0.05, 0) is 32.7 Å². The first-order valence-electron chi connectivity index (χ1n) is 6.76. The van der Waals surface area contributed by atoms with E-state index in [1.807, 2.05) is 6.92 Å². The summed E-state index contributed by atoms with van der Waals surface area (Å²) >= 11 is 0. The molecule has 1 N–H and O–H groups in total. The highest BCUT2D eigenvalue weighted by molar-refractivity contribution is 7.89. The van der Waals surface area contributed by atoms with Crippen LogP contribution in [0.4, 0.5) is 0 Å². The van der Waals surface area contributed by atoms with Crippen LogP contribution < -0.4 is 5.32 Å². The SMILES string of the molecule is CCNCC(C)S(=O)(=O)N(C)CC1CCCCO1. The molecule has 0 bridgehead atoms. The van der Waals surface area contributed by atoms with Gasteiger partial charge in [0, 0.05) is 26.7 Å². The van der Waals surface area contributed by atoms with E-state index in [1.54, 1.807) is 14.0 Å². The Morgan fingerprint density at radius 2 is 2.17 bits per heavy atom. The Labute approximate surface area is 111 Å². The molecule has 1 saturated heterocycles. The molecule has 0 aromatic heterocycles. The lowest BCUT2D eigenvalue weighted by Gasteiger charge is -2.28. The van der Waals surface area contributed by atoms with E-state index in [4.69, 9.17) is 4.74 Å². The molecule has 2 unspecified atom stereocenters. The van der Waals surface area contributed by atoms with Crippen LogP contribution in [0, 0.1) is 0 Å². The number of sulfonamides is 1. The van der Waals surface area contributed by atoms with Gasteiger partial charge in [-0.3, -0.25) is 0 Å². The second kappa shape index (κ2) is 7.43. The highest BCUT2D eigenvalue weighted by Gasteiger charge is 2.28. The summed E-state index contributed by atoms with van der Waals surface area (Å²) in [5.74, 6) is 0. The summed E-state index contributed by atoms with van der Waals surface area (Å²) in [6.07, 6.45) is 3.24. The predicted molar refractivity (Wildman–Crippen MR) is 73.1 cm³/mol. The monoisotopic (exact) mass is 278 g/mol. The zero-order valence-corrected chi connectivity index (χ0v) is 12.5. The minimum absolute atomic E-state index is 0.0601. The summed E-state index contributed by atoms with van der Waals surface area (Å²) in [4.78, 5) is 0. The van der Waals surface area contributed by atoms with Crippen LogP contribution in [0.25, 0.3) is 0 Å². The second-order valence-electron chi connectivity index (χ2n) is 4.93. The Balaban J connectivity index is 2.49. The first-order valence-corrected chi connectivity index (χ1v) is 8.26. The molecule has 1 aliphatic heterocycles. The third-order valence-corrected chi connectivity index (χ3v) is 5.56. The highest BCUT2D eigenvalue weighted by Crippen LogP contribution is 2.16. The maximum absolute atomic E-state index is 12.2. The summed E-state index contributed by atoms with van der Waals surface area (Å²) in [5.41, 5.74) is 0. The van der Waals surface area contributed by atoms with Crippen LogP contribution in [-0.4, -0.2) is 57.4 Å². The summed E-state index contributed by atoms with van der Waals surface area (Å²) < 4.78 is 31.5. The van der Waals surface area contributed by atoms with Gasteiger partial charge in [0.2, 0.25) is 10.0 Å². The molecular weight excluding hydrogens is 252 g/mol. The molecule has 1 rings (SSSR count). The molecule has 1 aliphatic rings. The molecule has 0 radical (unpaired) electrons. The van der Waals surface area contributed by atoms with Gasteiger partial charge >= 0.3 is 0 Å². The minimum Gasteiger partial charge on any atom is -0.377 e. The van der Waals surface area contributed by atoms with Crippen molar-refractivity contribution in [1.29, 1.82) is 0 Å². The van der Waals surface area contributed by atoms with Gasteiger partial charge < -0.3 is 10.1 Å². The van der Waals surface area contributed by atoms with Crippen molar-refractivity contribution in [2.75, 3.05) is 33.3 Å². The zero-order chi connectivity index (χ0) is 13.6. The van der Waals surface area contributed by atoms with Crippen LogP contribution in [0.3, 0.4) is 0 Å². The van der Waals surface area contributed by atoms with Gasteiger partial charge in [0.1, 0.15) is 0 Å². The number of rotatable bonds is 7. The van der Waals surface area contributed by atoms with Crippen molar-refractivity contribution in [2.45, 2.75) is 44.5 Å². The van der Waals surface area contributed by atoms with Crippen LogP contribution in [0.5, 0.6) is 0 Å². The van der Waals surface area contributed by atoms with Gasteiger partial charge in [-0.25, -0.2) is 12.7 Å². The lowest BCUT2D eigenvalue weighted by Crippen LogP contribution is -2.44. The fourth-order valence-corrected chi connectivity index (χ4v) is 3.42. The summed E-state index contributed by atoms with van der Waals surface area (Å²) in [5, 5.41) is 2.68. The lowest BCUT2D eigenvalue weighted by atomic mass is 10.1. The van der Waals surface area contributed by atoms with Crippen molar-refractivity contribution in [2.24, 2.45) is 0 Å². The number of ether oxygens (including phenoxy) is 1. The first kappa shape index (κ1) is 15.9. The number of hydrogen-bond donors (Lipinski definition) is 1. The van der Waals surface area contributed by atoms with Crippen LogP contribution in [0.15, 0.2) is 0 Å². The van der Waals surface area contributed by atoms with E-state index in [0.717, 1.165) is 32.4 Å². The lowest BCUT2D eigenvalue weighted by molar-refractivity contribution is 0.00850. The molecule has 5 nitrogen and oxygen atoms in total. The van der Waals surface area contributed by atoms with Crippen LogP contribution in [-0.2, 0) is 14.8 Å². The molecule has 0 aliphatic carbocycles. The molecule has 0 amide bonds. The third-order valence-electron chi connectivity index (χ3n) is 3.36. The fourth-order valence-electron chi connectivity index (χ4n) is 2.10. The molecule has 1 fully saturated rings. The standard InChI is InChI=1S/C12H26N2O3S/c1-4-13-9-11(2)18(15,16)14(3)10-12-7-5-6-8-17-12/h11-13H,4-10H2,1-3H3. The molecular formula is C12H26N2O3S. The van der Waals surface area contributed by atoms with Crippen LogP contribution in [0.1, 0.15) is 33.1 Å². The van der Waals surface area contributed by atoms with Gasteiger partial charge in [-0.15, -0.1) is 0 Å². The van der Waals surface area contributed by atoms with Gasteiger partial charge in [0.25, 0.3) is 0 Å². The number of nitrogens with one attached hydrogen (secondary N) is 1. The molecule has 1 heterocycles. The predicted octanol–water partition coefficient (Wildman–Crippen LogP) is 0.815.